The number of nitrogens with zero attached hydrogens (tertiary/aromatic N) is 2. The van der Waals surface area contributed by atoms with E-state index in [0.29, 0.717) is 24.3 Å². The van der Waals surface area contributed by atoms with Crippen LogP contribution in [-0.4, -0.2) is 32.8 Å². The Morgan fingerprint density at radius 1 is 1.03 bits per heavy atom. The van der Waals surface area contributed by atoms with Crippen molar-refractivity contribution in [2.24, 2.45) is 0 Å². The molecule has 5 nitrogen and oxygen atoms in total. The number of amides is 1. The number of hydrogen-bond donors (Lipinski definition) is 0. The normalized spacial score (nSPS) is 11.1. The van der Waals surface area contributed by atoms with Gasteiger partial charge in [-0.25, -0.2) is 8.42 Å². The van der Waals surface area contributed by atoms with Gasteiger partial charge in [-0.1, -0.05) is 30.3 Å². The molecule has 150 valence electrons. The van der Waals surface area contributed by atoms with E-state index in [1.165, 1.54) is 23.5 Å². The monoisotopic (exact) mass is 426 g/mol. The number of sulfonamides is 1. The largest absolute Gasteiger partial charge is 0.330 e. The van der Waals surface area contributed by atoms with Gasteiger partial charge in [-0.05, 0) is 47.8 Å². The van der Waals surface area contributed by atoms with Crippen molar-refractivity contribution >= 4 is 33.0 Å². The molecule has 1 heterocycles. The van der Waals surface area contributed by atoms with E-state index in [4.69, 9.17) is 0 Å². The van der Waals surface area contributed by atoms with Gasteiger partial charge >= 0.3 is 0 Å². The zero-order chi connectivity index (χ0) is 20.9. The Kier molecular flexibility index (Phi) is 6.51. The van der Waals surface area contributed by atoms with Crippen LogP contribution in [0.2, 0.25) is 0 Å². The Morgan fingerprint density at radius 3 is 2.31 bits per heavy atom. The summed E-state index contributed by atoms with van der Waals surface area (Å²) in [7, 11) is -2.20. The lowest BCUT2D eigenvalue weighted by Crippen LogP contribution is -2.30. The van der Waals surface area contributed by atoms with Crippen LogP contribution in [-0.2, 0) is 16.6 Å². The van der Waals surface area contributed by atoms with Crippen molar-refractivity contribution in [3.63, 3.8) is 0 Å². The third-order valence-corrected chi connectivity index (χ3v) is 7.10. The van der Waals surface area contributed by atoms with Crippen LogP contribution in [0.15, 0.2) is 89.7 Å². The molecule has 29 heavy (non-hydrogen) atoms. The van der Waals surface area contributed by atoms with Crippen molar-refractivity contribution < 1.29 is 13.2 Å². The number of carbonyl (C=O) groups is 1. The number of para-hydroxylation sites is 1. The molecule has 0 saturated carbocycles. The SMILES string of the molecule is C=CCN(Cc1cccs1)C(=O)c1ccc(S(=O)(=O)N(C)c2ccccc2)cc1. The molecule has 0 aliphatic carbocycles. The summed E-state index contributed by atoms with van der Waals surface area (Å²) in [6, 6.07) is 18.8. The van der Waals surface area contributed by atoms with Crippen LogP contribution in [0.3, 0.4) is 0 Å². The van der Waals surface area contributed by atoms with Gasteiger partial charge in [0, 0.05) is 24.0 Å². The molecule has 0 aliphatic rings. The molecule has 0 saturated heterocycles. The zero-order valence-corrected chi connectivity index (χ0v) is 17.7. The van der Waals surface area contributed by atoms with Gasteiger partial charge in [0.1, 0.15) is 0 Å². The molecule has 1 amide bonds. The van der Waals surface area contributed by atoms with Gasteiger partial charge in [-0.3, -0.25) is 9.10 Å². The molecular weight excluding hydrogens is 404 g/mol. The van der Waals surface area contributed by atoms with E-state index in [1.54, 1.807) is 58.7 Å². The molecule has 2 aromatic carbocycles. The first-order valence-corrected chi connectivity index (χ1v) is 11.3. The van der Waals surface area contributed by atoms with Crippen LogP contribution in [0.5, 0.6) is 0 Å². The predicted octanol–water partition coefficient (Wildman–Crippen LogP) is 4.40. The second-order valence-electron chi connectivity index (χ2n) is 6.39. The van der Waals surface area contributed by atoms with Crippen molar-refractivity contribution in [1.82, 2.24) is 4.90 Å². The van der Waals surface area contributed by atoms with Crippen LogP contribution >= 0.6 is 11.3 Å². The topological polar surface area (TPSA) is 57.7 Å². The number of thiophene rings is 1. The molecule has 3 rings (SSSR count). The number of carbonyl (C=O) groups excluding carboxylic acids is 1. The quantitative estimate of drug-likeness (QED) is 0.502. The van der Waals surface area contributed by atoms with Crippen LogP contribution in [0, 0.1) is 0 Å². The number of anilines is 1. The lowest BCUT2D eigenvalue weighted by Gasteiger charge is -2.21. The second kappa shape index (κ2) is 9.07. The summed E-state index contributed by atoms with van der Waals surface area (Å²) >= 11 is 1.58. The maximum absolute atomic E-state index is 12.9. The number of rotatable bonds is 8. The Labute approximate surface area is 175 Å². The minimum Gasteiger partial charge on any atom is -0.330 e. The first kappa shape index (κ1) is 20.8. The van der Waals surface area contributed by atoms with Gasteiger partial charge in [0.15, 0.2) is 0 Å². The molecular formula is C22H22N2O3S2. The Hall–Kier alpha value is -2.90. The smallest absolute Gasteiger partial charge is 0.264 e. The summed E-state index contributed by atoms with van der Waals surface area (Å²) in [5, 5.41) is 1.97. The van der Waals surface area contributed by atoms with Crippen LogP contribution in [0.1, 0.15) is 15.2 Å². The van der Waals surface area contributed by atoms with E-state index in [1.807, 2.05) is 23.6 Å². The van der Waals surface area contributed by atoms with E-state index in [2.05, 4.69) is 6.58 Å². The molecule has 0 bridgehead atoms. The van der Waals surface area contributed by atoms with Gasteiger partial charge < -0.3 is 4.90 Å². The molecule has 0 radical (unpaired) electrons. The highest BCUT2D eigenvalue weighted by atomic mass is 32.2. The van der Waals surface area contributed by atoms with Crippen molar-refractivity contribution in [2.45, 2.75) is 11.4 Å². The first-order chi connectivity index (χ1) is 13.9. The minimum absolute atomic E-state index is 0.133. The third kappa shape index (κ3) is 4.75. The Balaban J connectivity index is 1.81. The summed E-state index contributed by atoms with van der Waals surface area (Å²) < 4.78 is 27.0. The van der Waals surface area contributed by atoms with E-state index in [-0.39, 0.29) is 10.8 Å². The van der Waals surface area contributed by atoms with Crippen LogP contribution in [0.25, 0.3) is 0 Å². The highest BCUT2D eigenvalue weighted by Gasteiger charge is 2.22. The van der Waals surface area contributed by atoms with Gasteiger partial charge in [-0.2, -0.15) is 0 Å². The minimum atomic E-state index is -3.71. The van der Waals surface area contributed by atoms with Crippen molar-refractivity contribution in [1.29, 1.82) is 0 Å². The number of hydrogen-bond acceptors (Lipinski definition) is 4. The van der Waals surface area contributed by atoms with E-state index in [0.717, 1.165) is 4.88 Å². The highest BCUT2D eigenvalue weighted by molar-refractivity contribution is 7.92. The lowest BCUT2D eigenvalue weighted by atomic mass is 10.2. The highest BCUT2D eigenvalue weighted by Crippen LogP contribution is 2.22. The predicted molar refractivity (Wildman–Crippen MR) is 118 cm³/mol. The average molecular weight is 427 g/mol. The van der Waals surface area contributed by atoms with Gasteiger partial charge in [-0.15, -0.1) is 17.9 Å². The van der Waals surface area contributed by atoms with Crippen molar-refractivity contribution in [3.05, 3.63) is 95.2 Å². The fraction of sp³-hybridized carbons (Fsp3) is 0.136. The van der Waals surface area contributed by atoms with E-state index >= 15 is 0 Å². The zero-order valence-electron chi connectivity index (χ0n) is 16.1. The van der Waals surface area contributed by atoms with E-state index < -0.39 is 10.0 Å². The summed E-state index contributed by atoms with van der Waals surface area (Å²) in [6.45, 7) is 4.62. The van der Waals surface area contributed by atoms with Gasteiger partial charge in [0.25, 0.3) is 15.9 Å². The molecule has 1 aromatic heterocycles. The molecule has 0 fully saturated rings. The summed E-state index contributed by atoms with van der Waals surface area (Å²) in [5.41, 5.74) is 1.01. The summed E-state index contributed by atoms with van der Waals surface area (Å²) in [5.74, 6) is -0.168. The number of benzene rings is 2. The molecule has 0 unspecified atom stereocenters. The van der Waals surface area contributed by atoms with Crippen LogP contribution < -0.4 is 4.31 Å². The van der Waals surface area contributed by atoms with Gasteiger partial charge in [0.05, 0.1) is 17.1 Å². The van der Waals surface area contributed by atoms with Gasteiger partial charge in [0.2, 0.25) is 0 Å². The molecule has 3 aromatic rings. The van der Waals surface area contributed by atoms with Crippen molar-refractivity contribution in [3.8, 4) is 0 Å². The first-order valence-electron chi connectivity index (χ1n) is 9.00. The molecule has 0 N–H and O–H groups in total. The second-order valence-corrected chi connectivity index (χ2v) is 9.39. The van der Waals surface area contributed by atoms with Crippen molar-refractivity contribution in [2.75, 3.05) is 17.9 Å². The Bertz CT molecular complexity index is 1060. The molecule has 0 aliphatic heterocycles. The molecule has 7 heteroatoms. The maximum atomic E-state index is 12.9. The summed E-state index contributed by atoms with van der Waals surface area (Å²) in [6.07, 6.45) is 1.68. The third-order valence-electron chi connectivity index (χ3n) is 4.44. The fourth-order valence-electron chi connectivity index (χ4n) is 2.85. The standard InChI is InChI=1S/C22H22N2O3S2/c1-3-15-24(17-20-10-7-16-28-20)22(25)18-11-13-21(14-12-18)29(26,27)23(2)19-8-5-4-6-9-19/h3-14,16H,1,15,17H2,2H3. The average Bonchev–Trinajstić information content (AvgIpc) is 3.26. The molecule has 0 atom stereocenters. The maximum Gasteiger partial charge on any atom is 0.264 e. The molecule has 0 spiro atoms. The fourth-order valence-corrected chi connectivity index (χ4v) is 4.77. The lowest BCUT2D eigenvalue weighted by molar-refractivity contribution is 0.0764. The summed E-state index contributed by atoms with van der Waals surface area (Å²) in [4.78, 5) is 15.8. The van der Waals surface area contributed by atoms with E-state index in [9.17, 15) is 13.2 Å². The Morgan fingerprint density at radius 2 is 1.72 bits per heavy atom. The van der Waals surface area contributed by atoms with Crippen LogP contribution in [0.4, 0.5) is 5.69 Å².